The molecule has 0 aliphatic carbocycles. The molecule has 0 unspecified atom stereocenters. The fourth-order valence-electron chi connectivity index (χ4n) is 1.80. The van der Waals surface area contributed by atoms with Crippen LogP contribution in [0.25, 0.3) is 11.1 Å². The average molecular weight is 270 g/mol. The first-order chi connectivity index (χ1) is 8.93. The summed E-state index contributed by atoms with van der Waals surface area (Å²) in [6.45, 7) is 0. The summed E-state index contributed by atoms with van der Waals surface area (Å²) >= 11 is 0. The quantitative estimate of drug-likeness (QED) is 0.729. The molecule has 2 aromatic rings. The van der Waals surface area contributed by atoms with Crippen LogP contribution in [0, 0.1) is 5.82 Å². The minimum absolute atomic E-state index is 0.103. The van der Waals surface area contributed by atoms with Gasteiger partial charge in [-0.25, -0.2) is 4.39 Å². The minimum Gasteiger partial charge on any atom is -0.497 e. The molecule has 1 nitrogen and oxygen atoms in total. The second-order valence-electron chi connectivity index (χ2n) is 3.89. The molecule has 0 aromatic heterocycles. The van der Waals surface area contributed by atoms with E-state index in [1.807, 2.05) is 0 Å². The molecule has 100 valence electrons. The highest BCUT2D eigenvalue weighted by Crippen LogP contribution is 2.39. The molecule has 2 aromatic carbocycles. The molecule has 0 atom stereocenters. The number of rotatable bonds is 2. The standard InChI is InChI=1S/C14H10F4O/c1-19-9-6-7-12(14(16,17)18)11(8-9)10-4-2-3-5-13(10)15/h2-8H,1H3. The number of benzene rings is 2. The zero-order chi connectivity index (χ0) is 14.0. The third kappa shape index (κ3) is 2.70. The summed E-state index contributed by atoms with van der Waals surface area (Å²) in [6, 6.07) is 8.60. The second-order valence-corrected chi connectivity index (χ2v) is 3.89. The lowest BCUT2D eigenvalue weighted by Gasteiger charge is -2.14. The molecular formula is C14H10F4O. The van der Waals surface area contributed by atoms with Crippen LogP contribution >= 0.6 is 0 Å². The molecule has 0 bridgehead atoms. The number of hydrogen-bond donors (Lipinski definition) is 0. The second kappa shape index (κ2) is 4.91. The maximum Gasteiger partial charge on any atom is 0.417 e. The topological polar surface area (TPSA) is 9.23 Å². The number of hydrogen-bond acceptors (Lipinski definition) is 1. The molecule has 0 saturated carbocycles. The van der Waals surface area contributed by atoms with Crippen LogP contribution in [0.3, 0.4) is 0 Å². The van der Waals surface area contributed by atoms with Gasteiger partial charge in [0.15, 0.2) is 0 Å². The lowest BCUT2D eigenvalue weighted by molar-refractivity contribution is -0.137. The van der Waals surface area contributed by atoms with Gasteiger partial charge in [0.2, 0.25) is 0 Å². The van der Waals surface area contributed by atoms with Gasteiger partial charge in [-0.15, -0.1) is 0 Å². The van der Waals surface area contributed by atoms with E-state index in [1.54, 1.807) is 0 Å². The Balaban J connectivity index is 2.69. The number of halogens is 4. The third-order valence-corrected chi connectivity index (χ3v) is 2.70. The van der Waals surface area contributed by atoms with E-state index in [0.717, 1.165) is 12.1 Å². The number of alkyl halides is 3. The molecule has 0 saturated heterocycles. The summed E-state index contributed by atoms with van der Waals surface area (Å²) in [5, 5.41) is 0. The highest BCUT2D eigenvalue weighted by Gasteiger charge is 2.34. The smallest absolute Gasteiger partial charge is 0.417 e. The van der Waals surface area contributed by atoms with Crippen LogP contribution < -0.4 is 4.74 Å². The van der Waals surface area contributed by atoms with Crippen LogP contribution in [0.5, 0.6) is 5.75 Å². The lowest BCUT2D eigenvalue weighted by atomic mass is 9.98. The van der Waals surface area contributed by atoms with Crippen molar-refractivity contribution in [3.05, 3.63) is 53.8 Å². The largest absolute Gasteiger partial charge is 0.497 e. The average Bonchev–Trinajstić information content (AvgIpc) is 2.37. The molecule has 0 aliphatic heterocycles. The van der Waals surface area contributed by atoms with Crippen LogP contribution in [-0.4, -0.2) is 7.11 Å². The van der Waals surface area contributed by atoms with Crippen molar-refractivity contribution in [2.45, 2.75) is 6.18 Å². The Hall–Kier alpha value is -2.04. The lowest BCUT2D eigenvalue weighted by Crippen LogP contribution is -2.07. The Morgan fingerprint density at radius 2 is 1.63 bits per heavy atom. The van der Waals surface area contributed by atoms with Crippen molar-refractivity contribution in [2.75, 3.05) is 7.11 Å². The van der Waals surface area contributed by atoms with Gasteiger partial charge >= 0.3 is 6.18 Å². The summed E-state index contributed by atoms with van der Waals surface area (Å²) in [5.74, 6) is -0.465. The third-order valence-electron chi connectivity index (χ3n) is 2.70. The van der Waals surface area contributed by atoms with E-state index < -0.39 is 17.6 Å². The predicted molar refractivity (Wildman–Crippen MR) is 63.4 cm³/mol. The van der Waals surface area contributed by atoms with Crippen LogP contribution in [0.2, 0.25) is 0 Å². The Bertz CT molecular complexity index is 590. The van der Waals surface area contributed by atoms with Crippen molar-refractivity contribution in [2.24, 2.45) is 0 Å². The highest BCUT2D eigenvalue weighted by molar-refractivity contribution is 5.70. The van der Waals surface area contributed by atoms with E-state index in [9.17, 15) is 17.6 Å². The Morgan fingerprint density at radius 1 is 0.947 bits per heavy atom. The van der Waals surface area contributed by atoms with Crippen LogP contribution in [-0.2, 0) is 6.18 Å². The van der Waals surface area contributed by atoms with Gasteiger partial charge in [0.25, 0.3) is 0 Å². The Labute approximate surface area is 107 Å². The van der Waals surface area contributed by atoms with Gasteiger partial charge in [0.1, 0.15) is 11.6 Å². The van der Waals surface area contributed by atoms with Gasteiger partial charge < -0.3 is 4.74 Å². The summed E-state index contributed by atoms with van der Waals surface area (Å²) in [6.07, 6.45) is -4.55. The van der Waals surface area contributed by atoms with Crippen LogP contribution in [0.1, 0.15) is 5.56 Å². The normalized spacial score (nSPS) is 11.4. The summed E-state index contributed by atoms with van der Waals surface area (Å²) < 4.78 is 57.4. The zero-order valence-electron chi connectivity index (χ0n) is 9.96. The van der Waals surface area contributed by atoms with Gasteiger partial charge in [0, 0.05) is 11.1 Å². The molecule has 2 rings (SSSR count). The van der Waals surface area contributed by atoms with Gasteiger partial charge in [-0.3, -0.25) is 0 Å². The first-order valence-corrected chi connectivity index (χ1v) is 5.43. The van der Waals surface area contributed by atoms with E-state index >= 15 is 0 Å². The fourth-order valence-corrected chi connectivity index (χ4v) is 1.80. The molecule has 0 heterocycles. The maximum atomic E-state index is 13.7. The molecule has 0 N–H and O–H groups in total. The fraction of sp³-hybridized carbons (Fsp3) is 0.143. The van der Waals surface area contributed by atoms with Crippen molar-refractivity contribution >= 4 is 0 Å². The number of ether oxygens (including phenoxy) is 1. The molecule has 19 heavy (non-hydrogen) atoms. The van der Waals surface area contributed by atoms with E-state index in [2.05, 4.69) is 0 Å². The van der Waals surface area contributed by atoms with Crippen molar-refractivity contribution < 1.29 is 22.3 Å². The van der Waals surface area contributed by atoms with Crippen molar-refractivity contribution in [1.82, 2.24) is 0 Å². The predicted octanol–water partition coefficient (Wildman–Crippen LogP) is 4.52. The minimum atomic E-state index is -4.55. The molecule has 0 spiro atoms. The molecule has 0 aliphatic rings. The van der Waals surface area contributed by atoms with Crippen molar-refractivity contribution in [3.8, 4) is 16.9 Å². The van der Waals surface area contributed by atoms with Crippen LogP contribution in [0.15, 0.2) is 42.5 Å². The first-order valence-electron chi connectivity index (χ1n) is 5.43. The first kappa shape index (κ1) is 13.4. The summed E-state index contributed by atoms with van der Waals surface area (Å²) in [7, 11) is 1.34. The van der Waals surface area contributed by atoms with Gasteiger partial charge in [0.05, 0.1) is 12.7 Å². The monoisotopic (exact) mass is 270 g/mol. The number of methoxy groups -OCH3 is 1. The van der Waals surface area contributed by atoms with Crippen molar-refractivity contribution in [1.29, 1.82) is 0 Å². The van der Waals surface area contributed by atoms with Gasteiger partial charge in [-0.1, -0.05) is 18.2 Å². The summed E-state index contributed by atoms with van der Waals surface area (Å²) in [5.41, 5.74) is -1.22. The Kier molecular flexibility index (Phi) is 3.46. The molecule has 0 fully saturated rings. The Morgan fingerprint density at radius 3 is 2.21 bits per heavy atom. The van der Waals surface area contributed by atoms with E-state index in [0.29, 0.717) is 0 Å². The van der Waals surface area contributed by atoms with E-state index in [1.165, 1.54) is 37.4 Å². The zero-order valence-corrected chi connectivity index (χ0v) is 9.96. The SMILES string of the molecule is COc1ccc(C(F)(F)F)c(-c2ccccc2F)c1. The maximum absolute atomic E-state index is 13.7. The molecular weight excluding hydrogens is 260 g/mol. The highest BCUT2D eigenvalue weighted by atomic mass is 19.4. The summed E-state index contributed by atoms with van der Waals surface area (Å²) in [4.78, 5) is 0. The van der Waals surface area contributed by atoms with Gasteiger partial charge in [-0.05, 0) is 24.3 Å². The molecule has 5 heteroatoms. The van der Waals surface area contributed by atoms with Crippen molar-refractivity contribution in [3.63, 3.8) is 0 Å². The molecule has 0 amide bonds. The molecule has 0 radical (unpaired) electrons. The van der Waals surface area contributed by atoms with E-state index in [4.69, 9.17) is 4.74 Å². The van der Waals surface area contributed by atoms with Gasteiger partial charge in [-0.2, -0.15) is 13.2 Å². The van der Waals surface area contributed by atoms with E-state index in [-0.39, 0.29) is 16.9 Å². The van der Waals surface area contributed by atoms with Crippen LogP contribution in [0.4, 0.5) is 17.6 Å².